The van der Waals surface area contributed by atoms with Gasteiger partial charge < -0.3 is 24.3 Å². The van der Waals surface area contributed by atoms with Crippen LogP contribution in [0.5, 0.6) is 17.2 Å². The number of amides is 1. The number of nitrogens with one attached hydrogen (secondary N) is 1. The standard InChI is InChI=1S/C23H17ClN2O8/c1-31-18-8-7-14(9-16(18)24)25-22(27)21(13-5-3-2-4-6-13)34-23(28)15-10-19-20(33-12-32-19)11-17(15)26(29)30/h2-11,21H,12H2,1H3,(H,25,27). The second kappa shape index (κ2) is 9.67. The Balaban J connectivity index is 1.64. The summed E-state index contributed by atoms with van der Waals surface area (Å²) in [6.45, 7) is -0.134. The third-order valence-corrected chi connectivity index (χ3v) is 5.19. The lowest BCUT2D eigenvalue weighted by Crippen LogP contribution is -2.26. The molecule has 1 aliphatic heterocycles. The SMILES string of the molecule is COc1ccc(NC(=O)C(OC(=O)c2cc3c(cc2[N+](=O)[O-])OCO3)c2ccccc2)cc1Cl. The monoisotopic (exact) mass is 484 g/mol. The molecule has 10 nitrogen and oxygen atoms in total. The maximum absolute atomic E-state index is 13.1. The summed E-state index contributed by atoms with van der Waals surface area (Å²) in [5.41, 5.74) is -0.225. The molecule has 11 heteroatoms. The number of esters is 1. The molecule has 0 saturated carbocycles. The number of anilines is 1. The van der Waals surface area contributed by atoms with E-state index in [1.165, 1.54) is 13.2 Å². The van der Waals surface area contributed by atoms with Gasteiger partial charge in [-0.1, -0.05) is 41.9 Å². The number of benzene rings is 3. The number of nitro groups is 1. The maximum atomic E-state index is 13.1. The Morgan fingerprint density at radius 2 is 1.79 bits per heavy atom. The summed E-state index contributed by atoms with van der Waals surface area (Å²) < 4.78 is 20.9. The zero-order chi connectivity index (χ0) is 24.2. The van der Waals surface area contributed by atoms with Gasteiger partial charge in [-0.05, 0) is 18.2 Å². The molecule has 3 aromatic carbocycles. The molecule has 4 rings (SSSR count). The van der Waals surface area contributed by atoms with Crippen LogP contribution < -0.4 is 19.5 Å². The Hall–Kier alpha value is -4.31. The van der Waals surface area contributed by atoms with Crippen molar-refractivity contribution < 1.29 is 33.5 Å². The van der Waals surface area contributed by atoms with Gasteiger partial charge in [0.25, 0.3) is 11.6 Å². The molecule has 1 heterocycles. The molecule has 0 radical (unpaired) electrons. The minimum atomic E-state index is -1.42. The fraction of sp³-hybridized carbons (Fsp3) is 0.130. The van der Waals surface area contributed by atoms with E-state index in [0.717, 1.165) is 12.1 Å². The molecule has 0 bridgehead atoms. The smallest absolute Gasteiger partial charge is 0.346 e. The van der Waals surface area contributed by atoms with Crippen LogP contribution in [0.25, 0.3) is 0 Å². The summed E-state index contributed by atoms with van der Waals surface area (Å²) in [4.78, 5) is 36.9. The fourth-order valence-electron chi connectivity index (χ4n) is 3.27. The lowest BCUT2D eigenvalue weighted by atomic mass is 10.1. The molecule has 0 spiro atoms. The van der Waals surface area contributed by atoms with E-state index in [1.54, 1.807) is 42.5 Å². The van der Waals surface area contributed by atoms with Crippen molar-refractivity contribution in [1.29, 1.82) is 0 Å². The molecule has 0 aliphatic carbocycles. The van der Waals surface area contributed by atoms with Gasteiger partial charge in [-0.25, -0.2) is 4.79 Å². The number of nitrogens with zero attached hydrogens (tertiary/aromatic N) is 1. The number of halogens is 1. The highest BCUT2D eigenvalue weighted by Gasteiger charge is 2.32. The Morgan fingerprint density at radius 3 is 2.44 bits per heavy atom. The van der Waals surface area contributed by atoms with Gasteiger partial charge in [-0.3, -0.25) is 14.9 Å². The second-order valence-electron chi connectivity index (χ2n) is 7.01. The van der Waals surface area contributed by atoms with Crippen molar-refractivity contribution in [2.45, 2.75) is 6.10 Å². The normalized spacial score (nSPS) is 12.5. The van der Waals surface area contributed by atoms with Crippen molar-refractivity contribution in [2.24, 2.45) is 0 Å². The number of hydrogen-bond donors (Lipinski definition) is 1. The van der Waals surface area contributed by atoms with Gasteiger partial charge in [0, 0.05) is 17.3 Å². The fourth-order valence-corrected chi connectivity index (χ4v) is 3.53. The van der Waals surface area contributed by atoms with Crippen molar-refractivity contribution in [2.75, 3.05) is 19.2 Å². The van der Waals surface area contributed by atoms with E-state index >= 15 is 0 Å². The second-order valence-corrected chi connectivity index (χ2v) is 7.42. The van der Waals surface area contributed by atoms with Gasteiger partial charge in [0.1, 0.15) is 11.3 Å². The summed E-state index contributed by atoms with van der Waals surface area (Å²) in [5.74, 6) is -1.06. The van der Waals surface area contributed by atoms with Crippen LogP contribution in [0.1, 0.15) is 22.0 Å². The molecule has 0 aromatic heterocycles. The van der Waals surface area contributed by atoms with Crippen LogP contribution in [0.15, 0.2) is 60.7 Å². The Kier molecular flexibility index (Phi) is 6.51. The van der Waals surface area contributed by atoms with Gasteiger partial charge in [0.2, 0.25) is 12.9 Å². The van der Waals surface area contributed by atoms with Gasteiger partial charge >= 0.3 is 5.97 Å². The van der Waals surface area contributed by atoms with Crippen molar-refractivity contribution in [1.82, 2.24) is 0 Å². The van der Waals surface area contributed by atoms with Crippen LogP contribution in [0.3, 0.4) is 0 Å². The molecular weight excluding hydrogens is 468 g/mol. The molecule has 1 amide bonds. The van der Waals surface area contributed by atoms with Crippen molar-refractivity contribution in [3.8, 4) is 17.2 Å². The number of carbonyl (C=O) groups is 2. The van der Waals surface area contributed by atoms with E-state index in [1.807, 2.05) is 0 Å². The van der Waals surface area contributed by atoms with E-state index in [4.69, 9.17) is 30.5 Å². The van der Waals surface area contributed by atoms with Crippen LogP contribution >= 0.6 is 11.6 Å². The summed E-state index contributed by atoms with van der Waals surface area (Å²) in [6.07, 6.45) is -1.42. The zero-order valence-electron chi connectivity index (χ0n) is 17.6. The molecule has 34 heavy (non-hydrogen) atoms. The van der Waals surface area contributed by atoms with E-state index in [-0.39, 0.29) is 28.9 Å². The topological polar surface area (TPSA) is 126 Å². The number of hydrogen-bond acceptors (Lipinski definition) is 8. The summed E-state index contributed by atoms with van der Waals surface area (Å²) in [7, 11) is 1.46. The van der Waals surface area contributed by atoms with Crippen LogP contribution in [0.4, 0.5) is 11.4 Å². The van der Waals surface area contributed by atoms with Crippen molar-refractivity contribution in [3.63, 3.8) is 0 Å². The molecule has 174 valence electrons. The first-order chi connectivity index (χ1) is 16.4. The molecule has 1 N–H and O–H groups in total. The Bertz CT molecular complexity index is 1270. The molecule has 1 aliphatic rings. The maximum Gasteiger partial charge on any atom is 0.346 e. The minimum Gasteiger partial charge on any atom is -0.495 e. The summed E-state index contributed by atoms with van der Waals surface area (Å²) in [6, 6.07) is 15.1. The summed E-state index contributed by atoms with van der Waals surface area (Å²) >= 11 is 6.12. The number of methoxy groups -OCH3 is 1. The highest BCUT2D eigenvalue weighted by molar-refractivity contribution is 6.32. The van der Waals surface area contributed by atoms with Gasteiger partial charge in [-0.15, -0.1) is 0 Å². The summed E-state index contributed by atoms with van der Waals surface area (Å²) in [5, 5.41) is 14.4. The number of ether oxygens (including phenoxy) is 4. The number of nitro benzene ring substituents is 1. The number of carbonyl (C=O) groups excluding carboxylic acids is 2. The van der Waals surface area contributed by atoms with Gasteiger partial charge in [0.15, 0.2) is 11.5 Å². The van der Waals surface area contributed by atoms with Crippen LogP contribution in [-0.2, 0) is 9.53 Å². The van der Waals surface area contributed by atoms with E-state index in [0.29, 0.717) is 17.0 Å². The van der Waals surface area contributed by atoms with E-state index < -0.39 is 28.6 Å². The largest absolute Gasteiger partial charge is 0.495 e. The van der Waals surface area contributed by atoms with Crippen molar-refractivity contribution >= 4 is 34.9 Å². The van der Waals surface area contributed by atoms with E-state index in [9.17, 15) is 19.7 Å². The average Bonchev–Trinajstić information content (AvgIpc) is 3.30. The lowest BCUT2D eigenvalue weighted by Gasteiger charge is -2.18. The van der Waals surface area contributed by atoms with Gasteiger partial charge in [0.05, 0.1) is 23.1 Å². The Morgan fingerprint density at radius 1 is 1.09 bits per heavy atom. The highest BCUT2D eigenvalue weighted by atomic mass is 35.5. The predicted molar refractivity (Wildman–Crippen MR) is 120 cm³/mol. The zero-order valence-corrected chi connectivity index (χ0v) is 18.4. The third-order valence-electron chi connectivity index (χ3n) is 4.89. The predicted octanol–water partition coefficient (Wildman–Crippen LogP) is 4.52. The number of rotatable bonds is 7. The molecule has 0 saturated heterocycles. The average molecular weight is 485 g/mol. The number of fused-ring (bicyclic) bond motifs is 1. The first kappa shape index (κ1) is 22.9. The van der Waals surface area contributed by atoms with E-state index in [2.05, 4.69) is 5.32 Å². The van der Waals surface area contributed by atoms with Crippen LogP contribution in [0.2, 0.25) is 5.02 Å². The molecular formula is C23H17ClN2O8. The Labute approximate surface area is 198 Å². The van der Waals surface area contributed by atoms with Gasteiger partial charge in [-0.2, -0.15) is 0 Å². The first-order valence-electron chi connectivity index (χ1n) is 9.85. The van der Waals surface area contributed by atoms with Crippen LogP contribution in [0, 0.1) is 10.1 Å². The molecule has 3 aromatic rings. The first-order valence-corrected chi connectivity index (χ1v) is 10.2. The molecule has 1 atom stereocenters. The highest BCUT2D eigenvalue weighted by Crippen LogP contribution is 2.39. The molecule has 0 fully saturated rings. The van der Waals surface area contributed by atoms with Crippen molar-refractivity contribution in [3.05, 3.63) is 86.9 Å². The quantitative estimate of drug-likeness (QED) is 0.294. The lowest BCUT2D eigenvalue weighted by molar-refractivity contribution is -0.385. The molecule has 1 unspecified atom stereocenters. The third kappa shape index (κ3) is 4.71. The minimum absolute atomic E-state index is 0.134. The van der Waals surface area contributed by atoms with Crippen LogP contribution in [-0.4, -0.2) is 30.7 Å².